The number of hydrogen-bond acceptors (Lipinski definition) is 5. The smallest absolute Gasteiger partial charge is 0.219 e. The first kappa shape index (κ1) is 23.1. The number of likely N-dealkylation sites (tertiary alicyclic amines) is 1. The van der Waals surface area contributed by atoms with Gasteiger partial charge in [0.05, 0.1) is 13.7 Å². The van der Waals surface area contributed by atoms with E-state index in [9.17, 15) is 9.18 Å². The van der Waals surface area contributed by atoms with Crippen molar-refractivity contribution < 1.29 is 19.0 Å². The first-order chi connectivity index (χ1) is 13.4. The average Bonchev–Trinajstić information content (AvgIpc) is 3.12. The van der Waals surface area contributed by atoms with Gasteiger partial charge in [-0.25, -0.2) is 4.39 Å². The van der Waals surface area contributed by atoms with Crippen LogP contribution in [0.25, 0.3) is 0 Å². The summed E-state index contributed by atoms with van der Waals surface area (Å²) in [6.07, 6.45) is 0.972. The number of para-hydroxylation sites is 1. The maximum atomic E-state index is 12.9. The molecule has 1 aliphatic heterocycles. The van der Waals surface area contributed by atoms with E-state index in [0.29, 0.717) is 18.3 Å². The van der Waals surface area contributed by atoms with Crippen LogP contribution in [0.15, 0.2) is 53.7 Å². The normalized spacial score (nSPS) is 14.9. The summed E-state index contributed by atoms with van der Waals surface area (Å²) in [5.41, 5.74) is 0.802. The second-order valence-electron chi connectivity index (χ2n) is 6.36. The van der Waals surface area contributed by atoms with Crippen LogP contribution in [-0.4, -0.2) is 42.7 Å². The number of carbonyl (C=O) groups excluding carboxylic acids is 1. The Labute approximate surface area is 164 Å². The molecule has 1 fully saturated rings. The SMILES string of the molecule is CC(=O)N1CCC(COc2ccc(F)cc2C)C1.CN=O.Oc1ccccc1. The Bertz CT molecular complexity index is 740. The zero-order valence-corrected chi connectivity index (χ0v) is 16.5. The largest absolute Gasteiger partial charge is 0.508 e. The summed E-state index contributed by atoms with van der Waals surface area (Å²) in [6, 6.07) is 13.2. The zero-order valence-electron chi connectivity index (χ0n) is 16.5. The van der Waals surface area contributed by atoms with Gasteiger partial charge in [-0.3, -0.25) is 4.79 Å². The molecule has 1 unspecified atom stereocenters. The summed E-state index contributed by atoms with van der Waals surface area (Å²) in [5.74, 6) is 1.29. The quantitative estimate of drug-likeness (QED) is 0.799. The number of amides is 1. The van der Waals surface area contributed by atoms with E-state index in [4.69, 9.17) is 14.8 Å². The van der Waals surface area contributed by atoms with Crippen LogP contribution < -0.4 is 4.74 Å². The molecule has 7 heteroatoms. The van der Waals surface area contributed by atoms with Gasteiger partial charge in [-0.05, 0) is 49.2 Å². The van der Waals surface area contributed by atoms with Crippen molar-refractivity contribution in [3.05, 3.63) is 64.8 Å². The van der Waals surface area contributed by atoms with Gasteiger partial charge in [0.15, 0.2) is 0 Å². The molecule has 1 saturated heterocycles. The monoisotopic (exact) mass is 390 g/mol. The lowest BCUT2D eigenvalue weighted by molar-refractivity contribution is -0.127. The van der Waals surface area contributed by atoms with Gasteiger partial charge in [0.1, 0.15) is 17.3 Å². The highest BCUT2D eigenvalue weighted by molar-refractivity contribution is 5.73. The van der Waals surface area contributed by atoms with Crippen molar-refractivity contribution in [3.8, 4) is 11.5 Å². The molecule has 1 amide bonds. The number of hydrogen-bond donors (Lipinski definition) is 1. The van der Waals surface area contributed by atoms with Crippen LogP contribution in [-0.2, 0) is 4.79 Å². The van der Waals surface area contributed by atoms with Crippen LogP contribution in [0.1, 0.15) is 18.9 Å². The number of phenolic OH excluding ortho intramolecular Hbond substituents is 1. The van der Waals surface area contributed by atoms with Crippen LogP contribution in [0.5, 0.6) is 11.5 Å². The number of ether oxygens (including phenoxy) is 1. The number of carbonyl (C=O) groups is 1. The maximum absolute atomic E-state index is 12.9. The Kier molecular flexibility index (Phi) is 10.2. The van der Waals surface area contributed by atoms with E-state index in [1.165, 1.54) is 19.2 Å². The number of nitrogens with zero attached hydrogens (tertiary/aromatic N) is 2. The third kappa shape index (κ3) is 8.62. The molecule has 1 N–H and O–H groups in total. The van der Waals surface area contributed by atoms with Crippen LogP contribution in [0.3, 0.4) is 0 Å². The van der Waals surface area contributed by atoms with Crippen molar-refractivity contribution in [2.75, 3.05) is 26.7 Å². The van der Waals surface area contributed by atoms with Gasteiger partial charge in [0.25, 0.3) is 0 Å². The van der Waals surface area contributed by atoms with Crippen molar-refractivity contribution in [2.45, 2.75) is 20.3 Å². The number of nitroso groups, excluding NO2 is 1. The number of phenols is 1. The van der Waals surface area contributed by atoms with Crippen LogP contribution in [0.4, 0.5) is 4.39 Å². The van der Waals surface area contributed by atoms with Crippen molar-refractivity contribution in [1.29, 1.82) is 0 Å². The molecule has 1 heterocycles. The van der Waals surface area contributed by atoms with Gasteiger partial charge in [0, 0.05) is 25.9 Å². The molecule has 0 aliphatic carbocycles. The topological polar surface area (TPSA) is 79.2 Å². The molecule has 1 aliphatic rings. The molecule has 2 aromatic carbocycles. The lowest BCUT2D eigenvalue weighted by atomic mass is 10.1. The lowest BCUT2D eigenvalue weighted by Gasteiger charge is -2.15. The van der Waals surface area contributed by atoms with Gasteiger partial charge in [-0.2, -0.15) is 4.91 Å². The Balaban J connectivity index is 0.000000324. The van der Waals surface area contributed by atoms with Crippen LogP contribution in [0, 0.1) is 23.6 Å². The first-order valence-corrected chi connectivity index (χ1v) is 8.97. The third-order valence-electron chi connectivity index (χ3n) is 4.10. The average molecular weight is 390 g/mol. The van der Waals surface area contributed by atoms with Crippen LogP contribution >= 0.6 is 0 Å². The Morgan fingerprint density at radius 3 is 2.39 bits per heavy atom. The summed E-state index contributed by atoms with van der Waals surface area (Å²) in [6.45, 7) is 5.57. The van der Waals surface area contributed by atoms with Crippen LogP contribution in [0.2, 0.25) is 0 Å². The number of halogens is 1. The summed E-state index contributed by atoms with van der Waals surface area (Å²) >= 11 is 0. The predicted molar refractivity (Wildman–Crippen MR) is 107 cm³/mol. The van der Waals surface area contributed by atoms with Crippen molar-refractivity contribution in [3.63, 3.8) is 0 Å². The third-order valence-corrected chi connectivity index (χ3v) is 4.10. The van der Waals surface area contributed by atoms with E-state index >= 15 is 0 Å². The lowest BCUT2D eigenvalue weighted by Crippen LogP contribution is -2.26. The molecule has 3 rings (SSSR count). The van der Waals surface area contributed by atoms with E-state index < -0.39 is 0 Å². The van der Waals surface area contributed by atoms with Gasteiger partial charge in [-0.15, -0.1) is 0 Å². The summed E-state index contributed by atoms with van der Waals surface area (Å²) in [7, 11) is 1.19. The Hall–Kier alpha value is -2.96. The van der Waals surface area contributed by atoms with Gasteiger partial charge in [-0.1, -0.05) is 23.4 Å². The Morgan fingerprint density at radius 2 is 1.93 bits per heavy atom. The molecule has 0 aromatic heterocycles. The number of rotatable bonds is 3. The molecule has 0 spiro atoms. The summed E-state index contributed by atoms with van der Waals surface area (Å²) in [5, 5.41) is 10.9. The number of benzene rings is 2. The number of aryl methyl sites for hydroxylation is 1. The molecular formula is C21H27FN2O4. The molecule has 1 atom stereocenters. The van der Waals surface area contributed by atoms with Crippen molar-refractivity contribution >= 4 is 5.91 Å². The fraction of sp³-hybridized carbons (Fsp3) is 0.381. The second-order valence-corrected chi connectivity index (χ2v) is 6.36. The second kappa shape index (κ2) is 12.4. The van der Waals surface area contributed by atoms with E-state index in [1.54, 1.807) is 37.3 Å². The minimum Gasteiger partial charge on any atom is -0.508 e. The molecule has 2 aromatic rings. The molecule has 28 heavy (non-hydrogen) atoms. The molecule has 0 radical (unpaired) electrons. The fourth-order valence-corrected chi connectivity index (χ4v) is 2.67. The fourth-order valence-electron chi connectivity index (χ4n) is 2.67. The highest BCUT2D eigenvalue weighted by Crippen LogP contribution is 2.22. The van der Waals surface area contributed by atoms with Gasteiger partial charge >= 0.3 is 0 Å². The zero-order chi connectivity index (χ0) is 20.9. The van der Waals surface area contributed by atoms with E-state index in [-0.39, 0.29) is 11.7 Å². The minimum atomic E-state index is -0.247. The highest BCUT2D eigenvalue weighted by Gasteiger charge is 2.24. The van der Waals surface area contributed by atoms with Crippen molar-refractivity contribution in [1.82, 2.24) is 4.90 Å². The van der Waals surface area contributed by atoms with Gasteiger partial charge in [0.2, 0.25) is 5.91 Å². The molecule has 6 nitrogen and oxygen atoms in total. The predicted octanol–water partition coefficient (Wildman–Crippen LogP) is 4.16. The maximum Gasteiger partial charge on any atom is 0.219 e. The van der Waals surface area contributed by atoms with E-state index in [1.807, 2.05) is 17.9 Å². The molecule has 152 valence electrons. The van der Waals surface area contributed by atoms with E-state index in [0.717, 1.165) is 30.8 Å². The summed E-state index contributed by atoms with van der Waals surface area (Å²) < 4.78 is 18.6. The first-order valence-electron chi connectivity index (χ1n) is 8.97. The van der Waals surface area contributed by atoms with Gasteiger partial charge < -0.3 is 14.7 Å². The molecule has 0 bridgehead atoms. The molecular weight excluding hydrogens is 363 g/mol. The molecule has 0 saturated carbocycles. The minimum absolute atomic E-state index is 0.121. The van der Waals surface area contributed by atoms with E-state index in [2.05, 4.69) is 5.18 Å². The Morgan fingerprint density at radius 1 is 1.29 bits per heavy atom. The van der Waals surface area contributed by atoms with Crippen molar-refractivity contribution in [2.24, 2.45) is 11.1 Å². The number of aromatic hydroxyl groups is 1. The highest BCUT2D eigenvalue weighted by atomic mass is 19.1. The summed E-state index contributed by atoms with van der Waals surface area (Å²) in [4.78, 5) is 21.6. The standard InChI is InChI=1S/C14H18FNO2.C6H6O.CH3NO/c1-10-7-13(15)3-4-14(10)18-9-12-5-6-16(8-12)11(2)17;7-6-4-2-1-3-5-6;1-2-3/h3-4,7,12H,5-6,8-9H2,1-2H3;1-5,7H;1H3.